The molecule has 4 fully saturated rings. The number of hydrogen-bond donors (Lipinski definition) is 1. The monoisotopic (exact) mass is 395 g/mol. The Kier molecular flexibility index (Phi) is 5.46. The first-order valence-electron chi connectivity index (χ1n) is 11.3. The highest BCUT2D eigenvalue weighted by atomic mass is 16.5. The molecule has 2 unspecified atom stereocenters. The summed E-state index contributed by atoms with van der Waals surface area (Å²) < 4.78 is 6.46. The Hall–Kier alpha value is -1.69. The van der Waals surface area contributed by atoms with Crippen LogP contribution in [0.5, 0.6) is 0 Å². The highest BCUT2D eigenvalue weighted by molar-refractivity contribution is 5.78. The van der Waals surface area contributed by atoms with Crippen LogP contribution in [0.4, 0.5) is 0 Å². The molecular weight excluding hydrogens is 362 g/mol. The summed E-state index contributed by atoms with van der Waals surface area (Å²) >= 11 is 0. The molecule has 1 spiro atoms. The first-order valence-corrected chi connectivity index (χ1v) is 11.3. The van der Waals surface area contributed by atoms with Crippen LogP contribution in [-0.2, 0) is 9.53 Å². The third kappa shape index (κ3) is 4.27. The number of nitrogens with zero attached hydrogens (tertiary/aromatic N) is 2. The summed E-state index contributed by atoms with van der Waals surface area (Å²) in [5, 5.41) is 3.00. The van der Waals surface area contributed by atoms with Crippen LogP contribution in [0, 0.1) is 5.92 Å². The van der Waals surface area contributed by atoms with E-state index in [9.17, 15) is 4.79 Å². The van der Waals surface area contributed by atoms with Gasteiger partial charge in [0.05, 0.1) is 12.2 Å². The summed E-state index contributed by atoms with van der Waals surface area (Å²) in [6.07, 6.45) is 10.1. The minimum absolute atomic E-state index is 0.0327. The van der Waals surface area contributed by atoms with Gasteiger partial charge in [-0.15, -0.1) is 0 Å². The first kappa shape index (κ1) is 19.3. The smallest absolute Gasteiger partial charge is 0.220 e. The second-order valence-corrected chi connectivity index (χ2v) is 9.44. The van der Waals surface area contributed by atoms with Crippen molar-refractivity contribution >= 4 is 12.0 Å². The van der Waals surface area contributed by atoms with Gasteiger partial charge in [-0.25, -0.2) is 0 Å². The van der Waals surface area contributed by atoms with E-state index < -0.39 is 0 Å². The van der Waals surface area contributed by atoms with Crippen molar-refractivity contribution in [2.75, 3.05) is 39.3 Å². The number of morpholine rings is 1. The van der Waals surface area contributed by atoms with E-state index in [0.717, 1.165) is 52.2 Å². The molecule has 0 aliphatic carbocycles. The number of carbonyl (C=O) groups is 1. The van der Waals surface area contributed by atoms with Gasteiger partial charge in [-0.3, -0.25) is 14.6 Å². The summed E-state index contributed by atoms with van der Waals surface area (Å²) in [7, 11) is 0. The van der Waals surface area contributed by atoms with Gasteiger partial charge < -0.3 is 10.1 Å². The van der Waals surface area contributed by atoms with Gasteiger partial charge in [-0.05, 0) is 37.2 Å². The molecule has 5 nitrogen and oxygen atoms in total. The molecule has 1 aromatic carbocycles. The van der Waals surface area contributed by atoms with Crippen LogP contribution in [0.2, 0.25) is 0 Å². The maximum absolute atomic E-state index is 11.6. The molecule has 29 heavy (non-hydrogen) atoms. The van der Waals surface area contributed by atoms with Gasteiger partial charge in [0.1, 0.15) is 0 Å². The molecule has 0 radical (unpaired) electrons. The number of benzene rings is 1. The largest absolute Gasteiger partial charge is 0.372 e. The zero-order valence-corrected chi connectivity index (χ0v) is 17.3. The molecule has 0 saturated carbocycles. The Balaban J connectivity index is 1.18. The standard InChI is InChI=1S/C24H33N3O2/c28-23-13-20(16-25-23)17-27-21-8-9-22(27)15-24(14-21)18-26(11-12-29-24)10-4-7-19-5-2-1-3-6-19/h1-7,20-22H,8-18H2,(H,25,28)/t20?,21-,22+,24?. The number of fused-ring (bicyclic) bond motifs is 2. The van der Waals surface area contributed by atoms with Crippen LogP contribution in [-0.4, -0.2) is 72.7 Å². The topological polar surface area (TPSA) is 44.8 Å². The van der Waals surface area contributed by atoms with E-state index in [-0.39, 0.29) is 11.5 Å². The molecule has 0 aromatic heterocycles. The van der Waals surface area contributed by atoms with Gasteiger partial charge in [0.15, 0.2) is 0 Å². The maximum Gasteiger partial charge on any atom is 0.220 e. The molecule has 4 aliphatic heterocycles. The van der Waals surface area contributed by atoms with Gasteiger partial charge in [-0.1, -0.05) is 42.5 Å². The molecular formula is C24H33N3O2. The number of rotatable bonds is 5. The van der Waals surface area contributed by atoms with Crippen molar-refractivity contribution in [2.45, 2.75) is 49.8 Å². The average Bonchev–Trinajstić information content (AvgIpc) is 3.24. The SMILES string of the molecule is O=C1CC(CN2[C@@H]3CC[C@H]2CC2(C3)CN(CC=Cc3ccccc3)CCO2)CN1. The van der Waals surface area contributed by atoms with Crippen molar-refractivity contribution in [2.24, 2.45) is 5.92 Å². The fraction of sp³-hybridized carbons (Fsp3) is 0.625. The third-order valence-corrected chi connectivity index (χ3v) is 7.32. The molecule has 4 saturated heterocycles. The van der Waals surface area contributed by atoms with Crippen molar-refractivity contribution in [1.29, 1.82) is 0 Å². The number of hydrogen-bond acceptors (Lipinski definition) is 4. The van der Waals surface area contributed by atoms with Gasteiger partial charge in [-0.2, -0.15) is 0 Å². The zero-order chi connectivity index (χ0) is 19.7. The molecule has 2 bridgehead atoms. The molecule has 5 heteroatoms. The van der Waals surface area contributed by atoms with Crippen LogP contribution in [0.25, 0.3) is 6.08 Å². The molecule has 1 amide bonds. The number of piperidine rings is 1. The van der Waals surface area contributed by atoms with Crippen molar-refractivity contribution in [3.05, 3.63) is 42.0 Å². The number of amides is 1. The van der Waals surface area contributed by atoms with E-state index in [1.807, 2.05) is 0 Å². The predicted octanol–water partition coefficient (Wildman–Crippen LogP) is 2.53. The first-order chi connectivity index (χ1) is 14.2. The fourth-order valence-electron chi connectivity index (χ4n) is 6.01. The summed E-state index contributed by atoms with van der Waals surface area (Å²) in [6.45, 7) is 5.85. The molecule has 1 aromatic rings. The summed E-state index contributed by atoms with van der Waals surface area (Å²) in [5.41, 5.74) is 1.30. The van der Waals surface area contributed by atoms with E-state index in [2.05, 4.69) is 57.6 Å². The minimum Gasteiger partial charge on any atom is -0.372 e. The Bertz CT molecular complexity index is 736. The van der Waals surface area contributed by atoms with E-state index in [0.29, 0.717) is 24.4 Å². The van der Waals surface area contributed by atoms with E-state index >= 15 is 0 Å². The summed E-state index contributed by atoms with van der Waals surface area (Å²) in [5.74, 6) is 0.720. The molecule has 1 N–H and O–H groups in total. The average molecular weight is 396 g/mol. The van der Waals surface area contributed by atoms with Crippen LogP contribution in [0.15, 0.2) is 36.4 Å². The predicted molar refractivity (Wildman–Crippen MR) is 114 cm³/mol. The van der Waals surface area contributed by atoms with E-state index in [1.54, 1.807) is 0 Å². The van der Waals surface area contributed by atoms with Crippen molar-refractivity contribution in [3.63, 3.8) is 0 Å². The van der Waals surface area contributed by atoms with Crippen LogP contribution < -0.4 is 5.32 Å². The maximum atomic E-state index is 11.6. The van der Waals surface area contributed by atoms with Crippen LogP contribution >= 0.6 is 0 Å². The number of ether oxygens (including phenoxy) is 1. The van der Waals surface area contributed by atoms with Gasteiger partial charge in [0.2, 0.25) is 5.91 Å². The lowest BCUT2D eigenvalue weighted by Gasteiger charge is -2.51. The Morgan fingerprint density at radius 1 is 1.17 bits per heavy atom. The quantitative estimate of drug-likeness (QED) is 0.832. The minimum atomic E-state index is 0.0327. The molecule has 5 rings (SSSR count). The summed E-state index contributed by atoms with van der Waals surface area (Å²) in [6, 6.07) is 11.8. The lowest BCUT2D eigenvalue weighted by Crippen LogP contribution is -2.60. The Morgan fingerprint density at radius 2 is 1.97 bits per heavy atom. The molecule has 4 aliphatic rings. The van der Waals surface area contributed by atoms with Gasteiger partial charge in [0.25, 0.3) is 0 Å². The normalized spacial score (nSPS) is 35.6. The second kappa shape index (κ2) is 8.21. The third-order valence-electron chi connectivity index (χ3n) is 7.32. The van der Waals surface area contributed by atoms with Crippen molar-refractivity contribution in [3.8, 4) is 0 Å². The van der Waals surface area contributed by atoms with E-state index in [1.165, 1.54) is 18.4 Å². The lowest BCUT2D eigenvalue weighted by molar-refractivity contribution is -0.149. The fourth-order valence-corrected chi connectivity index (χ4v) is 6.01. The highest BCUT2D eigenvalue weighted by Crippen LogP contribution is 2.44. The van der Waals surface area contributed by atoms with Crippen molar-refractivity contribution < 1.29 is 9.53 Å². The lowest BCUT2D eigenvalue weighted by atomic mass is 9.83. The number of carbonyl (C=O) groups excluding carboxylic acids is 1. The van der Waals surface area contributed by atoms with Crippen LogP contribution in [0.3, 0.4) is 0 Å². The molecule has 4 heterocycles. The van der Waals surface area contributed by atoms with Gasteiger partial charge in [0, 0.05) is 51.2 Å². The zero-order valence-electron chi connectivity index (χ0n) is 17.3. The Labute approximate surface area is 174 Å². The van der Waals surface area contributed by atoms with Crippen molar-refractivity contribution in [1.82, 2.24) is 15.1 Å². The molecule has 156 valence electrons. The molecule has 4 atom stereocenters. The van der Waals surface area contributed by atoms with Crippen LogP contribution in [0.1, 0.15) is 37.7 Å². The summed E-state index contributed by atoms with van der Waals surface area (Å²) in [4.78, 5) is 16.9. The number of nitrogens with one attached hydrogen (secondary N) is 1. The second-order valence-electron chi connectivity index (χ2n) is 9.44. The van der Waals surface area contributed by atoms with E-state index in [4.69, 9.17) is 4.74 Å². The highest BCUT2D eigenvalue weighted by Gasteiger charge is 2.51. The van der Waals surface area contributed by atoms with Gasteiger partial charge >= 0.3 is 0 Å². The Morgan fingerprint density at radius 3 is 2.69 bits per heavy atom.